The quantitative estimate of drug-likeness (QED) is 0.567. The number of aliphatic hydroxyl groups is 1. The summed E-state index contributed by atoms with van der Waals surface area (Å²) in [7, 11) is 0. The van der Waals surface area contributed by atoms with Gasteiger partial charge in [0.1, 0.15) is 18.0 Å². The second-order valence-electron chi connectivity index (χ2n) is 8.41. The van der Waals surface area contributed by atoms with E-state index in [1.165, 1.54) is 12.1 Å². The van der Waals surface area contributed by atoms with Crippen LogP contribution in [0.5, 0.6) is 0 Å². The van der Waals surface area contributed by atoms with Crippen molar-refractivity contribution in [3.8, 4) is 0 Å². The van der Waals surface area contributed by atoms with Crippen LogP contribution in [0.4, 0.5) is 4.39 Å². The molecule has 3 fully saturated rings. The maximum atomic E-state index is 13.0. The number of ketones is 1. The molecule has 3 aliphatic rings. The molecule has 0 aromatic heterocycles. The Morgan fingerprint density at radius 3 is 2.39 bits per heavy atom. The molecule has 0 spiro atoms. The third-order valence-corrected chi connectivity index (χ3v) is 6.95. The Balaban J connectivity index is 1.42. The van der Waals surface area contributed by atoms with Crippen LogP contribution in [0, 0.1) is 11.7 Å². The lowest BCUT2D eigenvalue weighted by atomic mass is 9.70. The van der Waals surface area contributed by atoms with Crippen LogP contribution < -0.4 is 0 Å². The fourth-order valence-corrected chi connectivity index (χ4v) is 5.24. The highest BCUT2D eigenvalue weighted by molar-refractivity contribution is 6.30. The molecule has 0 saturated carbocycles. The highest BCUT2D eigenvalue weighted by Crippen LogP contribution is 2.46. The van der Waals surface area contributed by atoms with E-state index in [4.69, 9.17) is 11.6 Å². The minimum Gasteiger partial charge on any atom is -0.379 e. The molecule has 5 heteroatoms. The minimum absolute atomic E-state index is 0.0538. The molecule has 0 aliphatic carbocycles. The van der Waals surface area contributed by atoms with Gasteiger partial charge in [0.05, 0.1) is 19.6 Å². The highest BCUT2D eigenvalue weighted by Gasteiger charge is 2.54. The monoisotopic (exact) mass is 402 g/mol. The zero-order valence-electron chi connectivity index (χ0n) is 15.9. The number of carbonyl (C=O) groups excluding carboxylic acids is 1. The Hall–Kier alpha value is -1.75. The first-order valence-electron chi connectivity index (χ1n) is 10.0. The van der Waals surface area contributed by atoms with Gasteiger partial charge in [-0.05, 0) is 42.0 Å². The fraction of sp³-hybridized carbons (Fsp3) is 0.435. The summed E-state index contributed by atoms with van der Waals surface area (Å²) in [6.07, 6.45) is 3.24. The molecule has 2 aromatic rings. The van der Waals surface area contributed by atoms with Crippen molar-refractivity contribution in [2.75, 3.05) is 26.2 Å². The topological polar surface area (TPSA) is 37.3 Å². The Labute approximate surface area is 170 Å². The highest BCUT2D eigenvalue weighted by atomic mass is 35.5. The third kappa shape index (κ3) is 3.73. The van der Waals surface area contributed by atoms with Gasteiger partial charge in [0.15, 0.2) is 5.78 Å². The number of benzene rings is 2. The number of carbonyl (C=O) groups is 1. The molecule has 5 rings (SSSR count). The fourth-order valence-electron chi connectivity index (χ4n) is 5.11. The van der Waals surface area contributed by atoms with E-state index in [-0.39, 0.29) is 17.5 Å². The van der Waals surface area contributed by atoms with E-state index in [0.29, 0.717) is 23.6 Å². The third-order valence-electron chi connectivity index (χ3n) is 6.70. The summed E-state index contributed by atoms with van der Waals surface area (Å²) in [5.74, 6) is 0.0140. The standard InChI is InChI=1S/C23H26ClFNO2/c24-20-7-5-18(6-8-20)23(28)16-26(14-11-19(23)12-15-26)13-1-2-22(27)17-3-9-21(25)10-4-17/h3-10,19,28H,1-2,11-16H2/q+1. The maximum absolute atomic E-state index is 13.0. The number of Topliss-reactive ketones (excluding diaryl/α,β-unsaturated/α-hetero) is 1. The molecule has 2 bridgehead atoms. The van der Waals surface area contributed by atoms with Crippen molar-refractivity contribution in [1.82, 2.24) is 0 Å². The first-order chi connectivity index (χ1) is 13.4. The molecular formula is C23H26ClFNO2+. The van der Waals surface area contributed by atoms with Crippen molar-refractivity contribution < 1.29 is 18.8 Å². The van der Waals surface area contributed by atoms with Crippen molar-refractivity contribution >= 4 is 17.4 Å². The number of halogens is 2. The normalized spacial score (nSPS) is 29.0. The molecule has 3 heterocycles. The molecule has 148 valence electrons. The van der Waals surface area contributed by atoms with Crippen LogP contribution in [0.3, 0.4) is 0 Å². The molecule has 3 nitrogen and oxygen atoms in total. The number of hydrogen-bond donors (Lipinski definition) is 1. The number of hydrogen-bond acceptors (Lipinski definition) is 2. The summed E-state index contributed by atoms with van der Waals surface area (Å²) in [4.78, 5) is 12.4. The van der Waals surface area contributed by atoms with Gasteiger partial charge in [0.2, 0.25) is 0 Å². The van der Waals surface area contributed by atoms with Gasteiger partial charge >= 0.3 is 0 Å². The number of quaternary nitrogens is 1. The second-order valence-corrected chi connectivity index (χ2v) is 8.85. The second kappa shape index (κ2) is 7.58. The van der Waals surface area contributed by atoms with Crippen LogP contribution in [0.25, 0.3) is 0 Å². The van der Waals surface area contributed by atoms with Crippen LogP contribution >= 0.6 is 11.6 Å². The van der Waals surface area contributed by atoms with Crippen molar-refractivity contribution in [3.63, 3.8) is 0 Å². The summed E-state index contributed by atoms with van der Waals surface area (Å²) in [5, 5.41) is 12.2. The van der Waals surface area contributed by atoms with Crippen molar-refractivity contribution in [3.05, 3.63) is 70.5 Å². The van der Waals surface area contributed by atoms with Crippen LogP contribution in [0.1, 0.15) is 41.6 Å². The van der Waals surface area contributed by atoms with E-state index in [0.717, 1.165) is 48.9 Å². The SMILES string of the molecule is O=C(CCC[N+]12CCC(CC1)C(O)(c1ccc(Cl)cc1)C2)c1ccc(F)cc1. The van der Waals surface area contributed by atoms with Crippen molar-refractivity contribution in [2.45, 2.75) is 31.3 Å². The summed E-state index contributed by atoms with van der Waals surface area (Å²) in [6.45, 7) is 3.70. The van der Waals surface area contributed by atoms with Crippen molar-refractivity contribution in [2.24, 2.45) is 5.92 Å². The summed E-state index contributed by atoms with van der Waals surface area (Å²) in [5.41, 5.74) is 0.699. The van der Waals surface area contributed by atoms with Gasteiger partial charge in [-0.1, -0.05) is 23.7 Å². The first kappa shape index (κ1) is 19.6. The van der Waals surface area contributed by atoms with E-state index >= 15 is 0 Å². The van der Waals surface area contributed by atoms with Gasteiger partial charge in [-0.15, -0.1) is 0 Å². The molecule has 3 saturated heterocycles. The average Bonchev–Trinajstić information content (AvgIpc) is 2.69. The molecule has 0 radical (unpaired) electrons. The van der Waals surface area contributed by atoms with E-state index in [1.54, 1.807) is 12.1 Å². The van der Waals surface area contributed by atoms with Crippen LogP contribution in [0.15, 0.2) is 48.5 Å². The summed E-state index contributed by atoms with van der Waals surface area (Å²) in [6, 6.07) is 13.3. The number of nitrogens with zero attached hydrogens (tertiary/aromatic N) is 1. The molecule has 28 heavy (non-hydrogen) atoms. The van der Waals surface area contributed by atoms with Crippen molar-refractivity contribution in [1.29, 1.82) is 0 Å². The lowest BCUT2D eigenvalue weighted by Crippen LogP contribution is -2.67. The van der Waals surface area contributed by atoms with E-state index in [9.17, 15) is 14.3 Å². The minimum atomic E-state index is -0.817. The van der Waals surface area contributed by atoms with Gasteiger partial charge < -0.3 is 9.59 Å². The number of rotatable bonds is 6. The van der Waals surface area contributed by atoms with Gasteiger partial charge in [-0.3, -0.25) is 4.79 Å². The van der Waals surface area contributed by atoms with Gasteiger partial charge in [-0.25, -0.2) is 4.39 Å². The largest absolute Gasteiger partial charge is 0.379 e. The Morgan fingerprint density at radius 2 is 1.75 bits per heavy atom. The molecule has 0 amide bonds. The lowest BCUT2D eigenvalue weighted by Gasteiger charge is -2.56. The zero-order valence-corrected chi connectivity index (χ0v) is 16.7. The smallest absolute Gasteiger partial charge is 0.163 e. The molecule has 2 aromatic carbocycles. The first-order valence-corrected chi connectivity index (χ1v) is 10.4. The predicted octanol–water partition coefficient (Wildman–Crippen LogP) is 4.57. The lowest BCUT2D eigenvalue weighted by molar-refractivity contribution is -0.952. The Bertz CT molecular complexity index is 844. The van der Waals surface area contributed by atoms with E-state index in [1.807, 2.05) is 24.3 Å². The van der Waals surface area contributed by atoms with E-state index < -0.39 is 5.60 Å². The number of piperidine rings is 3. The van der Waals surface area contributed by atoms with Crippen LogP contribution in [0.2, 0.25) is 5.02 Å². The van der Waals surface area contributed by atoms with E-state index in [2.05, 4.69) is 0 Å². The van der Waals surface area contributed by atoms with Gasteiger partial charge in [-0.2, -0.15) is 0 Å². The number of fused-ring (bicyclic) bond motifs is 3. The average molecular weight is 403 g/mol. The Kier molecular flexibility index (Phi) is 5.30. The molecule has 1 atom stereocenters. The summed E-state index contributed by atoms with van der Waals surface area (Å²) >= 11 is 6.02. The maximum Gasteiger partial charge on any atom is 0.163 e. The predicted molar refractivity (Wildman–Crippen MR) is 108 cm³/mol. The molecule has 3 aliphatic heterocycles. The Morgan fingerprint density at radius 1 is 1.11 bits per heavy atom. The van der Waals surface area contributed by atoms with Gasteiger partial charge in [0.25, 0.3) is 0 Å². The van der Waals surface area contributed by atoms with Crippen LogP contribution in [-0.2, 0) is 5.60 Å². The zero-order chi connectivity index (χ0) is 19.8. The molecule has 1 unspecified atom stereocenters. The summed E-state index contributed by atoms with van der Waals surface area (Å²) < 4.78 is 13.9. The van der Waals surface area contributed by atoms with Crippen LogP contribution in [-0.4, -0.2) is 41.6 Å². The molecular weight excluding hydrogens is 377 g/mol. The molecule has 1 N–H and O–H groups in total. The van der Waals surface area contributed by atoms with Gasteiger partial charge in [0, 0.05) is 42.2 Å².